The summed E-state index contributed by atoms with van der Waals surface area (Å²) in [5.41, 5.74) is 0.505. The molecule has 0 bridgehead atoms. The van der Waals surface area contributed by atoms with Crippen molar-refractivity contribution in [3.05, 3.63) is 47.0 Å². The molecule has 2 aromatic rings. The Hall–Kier alpha value is -1.82. The fraction of sp³-hybridized carbons (Fsp3) is 0.429. The van der Waals surface area contributed by atoms with Crippen molar-refractivity contribution >= 4 is 0 Å². The molecule has 4 nitrogen and oxygen atoms in total. The van der Waals surface area contributed by atoms with E-state index in [1.807, 2.05) is 6.92 Å². The van der Waals surface area contributed by atoms with E-state index in [1.54, 1.807) is 0 Å². The van der Waals surface area contributed by atoms with Crippen LogP contribution in [-0.2, 0) is 6.54 Å². The van der Waals surface area contributed by atoms with E-state index in [9.17, 15) is 8.78 Å². The summed E-state index contributed by atoms with van der Waals surface area (Å²) >= 11 is 0. The van der Waals surface area contributed by atoms with Gasteiger partial charge in [0.05, 0.1) is 6.04 Å². The number of aromatic amines is 1. The van der Waals surface area contributed by atoms with Gasteiger partial charge in [-0.3, -0.25) is 10.00 Å². The minimum absolute atomic E-state index is 0.101. The van der Waals surface area contributed by atoms with Crippen LogP contribution in [0, 0.1) is 18.6 Å². The lowest BCUT2D eigenvalue weighted by atomic mass is 10.1. The van der Waals surface area contributed by atoms with E-state index in [4.69, 9.17) is 0 Å². The van der Waals surface area contributed by atoms with Crippen molar-refractivity contribution in [2.24, 2.45) is 0 Å². The first-order chi connectivity index (χ1) is 9.63. The Balaban J connectivity index is 1.79. The SMILES string of the molecule is Cc1nc(C2CCCN2Cc2ccc(F)cc2F)n[nH]1. The van der Waals surface area contributed by atoms with E-state index in [0.717, 1.165) is 37.1 Å². The number of aromatic nitrogens is 3. The van der Waals surface area contributed by atoms with Crippen LogP contribution in [-0.4, -0.2) is 26.6 Å². The van der Waals surface area contributed by atoms with Gasteiger partial charge >= 0.3 is 0 Å². The highest BCUT2D eigenvalue weighted by molar-refractivity contribution is 5.19. The highest BCUT2D eigenvalue weighted by Gasteiger charge is 2.29. The maximum absolute atomic E-state index is 13.7. The van der Waals surface area contributed by atoms with Crippen molar-refractivity contribution in [2.45, 2.75) is 32.4 Å². The van der Waals surface area contributed by atoms with Gasteiger partial charge in [0.15, 0.2) is 5.82 Å². The van der Waals surface area contributed by atoms with Gasteiger partial charge in [0.2, 0.25) is 0 Å². The molecule has 1 aromatic carbocycles. The maximum atomic E-state index is 13.7. The maximum Gasteiger partial charge on any atom is 0.167 e. The summed E-state index contributed by atoms with van der Waals surface area (Å²) in [6.07, 6.45) is 1.99. The first kappa shape index (κ1) is 13.2. The van der Waals surface area contributed by atoms with Crippen LogP contribution in [0.4, 0.5) is 8.78 Å². The van der Waals surface area contributed by atoms with Gasteiger partial charge in [-0.2, -0.15) is 5.10 Å². The quantitative estimate of drug-likeness (QED) is 0.939. The van der Waals surface area contributed by atoms with Crippen LogP contribution in [0.2, 0.25) is 0 Å². The highest BCUT2D eigenvalue weighted by Crippen LogP contribution is 2.31. The molecule has 1 unspecified atom stereocenters. The Labute approximate surface area is 115 Å². The molecule has 1 saturated heterocycles. The van der Waals surface area contributed by atoms with Gasteiger partial charge in [0, 0.05) is 18.2 Å². The molecular formula is C14H16F2N4. The van der Waals surface area contributed by atoms with Crippen molar-refractivity contribution < 1.29 is 8.78 Å². The molecule has 1 fully saturated rings. The summed E-state index contributed by atoms with van der Waals surface area (Å²) in [7, 11) is 0. The zero-order chi connectivity index (χ0) is 14.1. The number of aryl methyl sites for hydroxylation is 1. The van der Waals surface area contributed by atoms with Gasteiger partial charge in [-0.25, -0.2) is 13.8 Å². The lowest BCUT2D eigenvalue weighted by molar-refractivity contribution is 0.237. The second kappa shape index (κ2) is 5.28. The summed E-state index contributed by atoms with van der Waals surface area (Å²) in [6, 6.07) is 3.82. The average Bonchev–Trinajstić information content (AvgIpc) is 3.01. The highest BCUT2D eigenvalue weighted by atomic mass is 19.1. The van der Waals surface area contributed by atoms with Crippen molar-refractivity contribution in [2.75, 3.05) is 6.54 Å². The number of likely N-dealkylation sites (tertiary alicyclic amines) is 1. The molecule has 3 rings (SSSR count). The number of nitrogens with one attached hydrogen (secondary N) is 1. The molecule has 20 heavy (non-hydrogen) atoms. The molecule has 0 amide bonds. The topological polar surface area (TPSA) is 44.8 Å². The molecule has 1 N–H and O–H groups in total. The molecular weight excluding hydrogens is 262 g/mol. The predicted molar refractivity (Wildman–Crippen MR) is 69.9 cm³/mol. The Morgan fingerprint density at radius 2 is 2.25 bits per heavy atom. The molecule has 0 aliphatic carbocycles. The van der Waals surface area contributed by atoms with Crippen LogP contribution < -0.4 is 0 Å². The molecule has 106 valence electrons. The number of hydrogen-bond acceptors (Lipinski definition) is 3. The number of rotatable bonds is 3. The largest absolute Gasteiger partial charge is 0.289 e. The average molecular weight is 278 g/mol. The molecule has 6 heteroatoms. The third-order valence-electron chi connectivity index (χ3n) is 3.66. The third kappa shape index (κ3) is 2.56. The third-order valence-corrected chi connectivity index (χ3v) is 3.66. The summed E-state index contributed by atoms with van der Waals surface area (Å²) in [5.74, 6) is 0.484. The van der Waals surface area contributed by atoms with E-state index in [-0.39, 0.29) is 6.04 Å². The summed E-state index contributed by atoms with van der Waals surface area (Å²) in [6.45, 7) is 3.18. The normalized spacial score (nSPS) is 19.6. The molecule has 0 radical (unpaired) electrons. The first-order valence-corrected chi connectivity index (χ1v) is 6.70. The van der Waals surface area contributed by atoms with Gasteiger partial charge in [-0.05, 0) is 32.4 Å². The molecule has 2 heterocycles. The zero-order valence-corrected chi connectivity index (χ0v) is 11.2. The first-order valence-electron chi connectivity index (χ1n) is 6.70. The zero-order valence-electron chi connectivity index (χ0n) is 11.2. The Morgan fingerprint density at radius 1 is 1.40 bits per heavy atom. The van der Waals surface area contributed by atoms with Gasteiger partial charge in [0.25, 0.3) is 0 Å². The molecule has 1 atom stereocenters. The van der Waals surface area contributed by atoms with Crippen LogP contribution in [0.3, 0.4) is 0 Å². The predicted octanol–water partition coefficient (Wildman–Crippen LogP) is 2.73. The van der Waals surface area contributed by atoms with E-state index >= 15 is 0 Å². The van der Waals surface area contributed by atoms with Crippen LogP contribution in [0.25, 0.3) is 0 Å². The number of hydrogen-bond donors (Lipinski definition) is 1. The Bertz CT molecular complexity index is 611. The molecule has 0 saturated carbocycles. The van der Waals surface area contributed by atoms with Crippen molar-refractivity contribution in [1.29, 1.82) is 0 Å². The van der Waals surface area contributed by atoms with Crippen LogP contribution >= 0.6 is 0 Å². The molecule has 1 aliphatic heterocycles. The Morgan fingerprint density at radius 3 is 2.95 bits per heavy atom. The van der Waals surface area contributed by atoms with E-state index in [1.165, 1.54) is 12.1 Å². The van der Waals surface area contributed by atoms with E-state index in [0.29, 0.717) is 12.1 Å². The molecule has 1 aromatic heterocycles. The van der Waals surface area contributed by atoms with E-state index < -0.39 is 11.6 Å². The van der Waals surface area contributed by atoms with Crippen molar-refractivity contribution in [3.8, 4) is 0 Å². The summed E-state index contributed by atoms with van der Waals surface area (Å²) < 4.78 is 26.7. The van der Waals surface area contributed by atoms with Gasteiger partial charge in [-0.1, -0.05) is 6.07 Å². The monoisotopic (exact) mass is 278 g/mol. The van der Waals surface area contributed by atoms with Gasteiger partial charge in [-0.15, -0.1) is 0 Å². The molecule has 0 spiro atoms. The molecule has 1 aliphatic rings. The fourth-order valence-corrected chi connectivity index (χ4v) is 2.69. The number of halogens is 2. The number of H-pyrrole nitrogens is 1. The minimum atomic E-state index is -0.547. The summed E-state index contributed by atoms with van der Waals surface area (Å²) in [4.78, 5) is 6.50. The second-order valence-corrected chi connectivity index (χ2v) is 5.14. The van der Waals surface area contributed by atoms with Gasteiger partial charge < -0.3 is 0 Å². The minimum Gasteiger partial charge on any atom is -0.289 e. The number of benzene rings is 1. The lowest BCUT2D eigenvalue weighted by Gasteiger charge is -2.22. The standard InChI is InChI=1S/C14H16F2N4/c1-9-17-14(19-18-9)13-3-2-6-20(13)8-10-4-5-11(15)7-12(10)16/h4-5,7,13H,2-3,6,8H2,1H3,(H,17,18,19). The lowest BCUT2D eigenvalue weighted by Crippen LogP contribution is -2.24. The van der Waals surface area contributed by atoms with Crippen LogP contribution in [0.1, 0.15) is 36.1 Å². The second-order valence-electron chi connectivity index (χ2n) is 5.14. The number of nitrogens with zero attached hydrogens (tertiary/aromatic N) is 3. The Kier molecular flexibility index (Phi) is 3.48. The van der Waals surface area contributed by atoms with Gasteiger partial charge in [0.1, 0.15) is 17.5 Å². The van der Waals surface area contributed by atoms with E-state index in [2.05, 4.69) is 20.1 Å². The smallest absolute Gasteiger partial charge is 0.167 e. The van der Waals surface area contributed by atoms with Crippen molar-refractivity contribution in [3.63, 3.8) is 0 Å². The van der Waals surface area contributed by atoms with Crippen LogP contribution in [0.15, 0.2) is 18.2 Å². The summed E-state index contributed by atoms with van der Waals surface area (Å²) in [5, 5.41) is 7.03. The fourth-order valence-electron chi connectivity index (χ4n) is 2.69. The van der Waals surface area contributed by atoms with Crippen LogP contribution in [0.5, 0.6) is 0 Å². The van der Waals surface area contributed by atoms with Crippen molar-refractivity contribution in [1.82, 2.24) is 20.1 Å².